The molecule has 0 atom stereocenters. The van der Waals surface area contributed by atoms with Gasteiger partial charge in [0.15, 0.2) is 0 Å². The number of carbonyl (C=O) groups is 1. The Balaban J connectivity index is 1.31. The molecule has 9 heteroatoms. The minimum absolute atomic E-state index is 0.0851. The minimum atomic E-state index is -0.168. The molecule has 0 bridgehead atoms. The Morgan fingerprint density at radius 3 is 2.46 bits per heavy atom. The molecule has 0 spiro atoms. The van der Waals surface area contributed by atoms with E-state index < -0.39 is 0 Å². The Morgan fingerprint density at radius 2 is 1.70 bits per heavy atom. The van der Waals surface area contributed by atoms with Gasteiger partial charge < -0.3 is 4.90 Å². The highest BCUT2D eigenvalue weighted by molar-refractivity contribution is 8.26. The maximum atomic E-state index is 13.7. The summed E-state index contributed by atoms with van der Waals surface area (Å²) < 4.78 is 2.15. The molecular weight excluding hydrogens is 502 g/mol. The molecular formula is C28H29N5O2S2. The number of carbonyl (C=O) groups excluding carboxylic acids is 1. The van der Waals surface area contributed by atoms with Crippen molar-refractivity contribution in [2.75, 3.05) is 31.1 Å². The normalized spacial score (nSPS) is 20.6. The first-order valence-electron chi connectivity index (χ1n) is 12.9. The first kappa shape index (κ1) is 24.3. The van der Waals surface area contributed by atoms with Gasteiger partial charge >= 0.3 is 0 Å². The van der Waals surface area contributed by atoms with Gasteiger partial charge in [-0.2, -0.15) is 0 Å². The van der Waals surface area contributed by atoms with Crippen molar-refractivity contribution in [3.63, 3.8) is 0 Å². The molecule has 4 heterocycles. The summed E-state index contributed by atoms with van der Waals surface area (Å²) in [4.78, 5) is 38.9. The fraction of sp³-hybridized carbons (Fsp3) is 0.357. The van der Waals surface area contributed by atoms with Gasteiger partial charge in [-0.25, -0.2) is 4.98 Å². The maximum Gasteiger partial charge on any atom is 0.267 e. The molecule has 190 valence electrons. The van der Waals surface area contributed by atoms with Gasteiger partial charge in [-0.15, -0.1) is 0 Å². The van der Waals surface area contributed by atoms with Crippen molar-refractivity contribution in [1.29, 1.82) is 0 Å². The molecule has 1 aromatic carbocycles. The van der Waals surface area contributed by atoms with E-state index in [-0.39, 0.29) is 17.5 Å². The van der Waals surface area contributed by atoms with Crippen LogP contribution in [0.25, 0.3) is 11.7 Å². The van der Waals surface area contributed by atoms with E-state index in [4.69, 9.17) is 17.2 Å². The van der Waals surface area contributed by atoms with Gasteiger partial charge in [0.25, 0.3) is 11.5 Å². The van der Waals surface area contributed by atoms with Crippen LogP contribution >= 0.6 is 24.0 Å². The van der Waals surface area contributed by atoms with Crippen molar-refractivity contribution in [1.82, 2.24) is 19.2 Å². The van der Waals surface area contributed by atoms with E-state index in [1.54, 1.807) is 21.6 Å². The number of hydrogen-bond donors (Lipinski definition) is 0. The molecule has 2 saturated heterocycles. The van der Waals surface area contributed by atoms with Gasteiger partial charge in [0.2, 0.25) is 0 Å². The summed E-state index contributed by atoms with van der Waals surface area (Å²) in [5.41, 5.74) is 2.18. The number of fused-ring (bicyclic) bond motifs is 1. The molecule has 3 aromatic rings. The average Bonchev–Trinajstić information content (AvgIpc) is 3.54. The summed E-state index contributed by atoms with van der Waals surface area (Å²) in [6.45, 7) is 4.15. The van der Waals surface area contributed by atoms with Crippen LogP contribution in [0.1, 0.15) is 36.8 Å². The SMILES string of the molecule is O=C1/C(=C/c2c(N3CCN(Cc4ccccc4)CC3)nc3ccccn3c2=O)SC(=S)N1C1CCCC1. The number of anilines is 1. The van der Waals surface area contributed by atoms with E-state index in [0.717, 1.165) is 58.4 Å². The van der Waals surface area contributed by atoms with E-state index in [0.29, 0.717) is 26.3 Å². The summed E-state index contributed by atoms with van der Waals surface area (Å²) in [5.74, 6) is 0.555. The van der Waals surface area contributed by atoms with Gasteiger partial charge in [-0.1, -0.05) is 73.2 Å². The predicted molar refractivity (Wildman–Crippen MR) is 153 cm³/mol. The number of hydrogen-bond acceptors (Lipinski definition) is 7. The van der Waals surface area contributed by atoms with Crippen LogP contribution in [-0.2, 0) is 11.3 Å². The lowest BCUT2D eigenvalue weighted by atomic mass is 10.1. The Hall–Kier alpha value is -3.01. The molecule has 0 N–H and O–H groups in total. The summed E-state index contributed by atoms with van der Waals surface area (Å²) in [6.07, 6.45) is 7.67. The van der Waals surface area contributed by atoms with E-state index >= 15 is 0 Å². The lowest BCUT2D eigenvalue weighted by molar-refractivity contribution is -0.123. The number of thiocarbonyl (C=S) groups is 1. The smallest absolute Gasteiger partial charge is 0.267 e. The zero-order valence-electron chi connectivity index (χ0n) is 20.6. The number of amides is 1. The van der Waals surface area contributed by atoms with Gasteiger partial charge in [0, 0.05) is 45.0 Å². The lowest BCUT2D eigenvalue weighted by Gasteiger charge is -2.36. The third kappa shape index (κ3) is 4.83. The van der Waals surface area contributed by atoms with E-state index in [1.807, 2.05) is 24.3 Å². The van der Waals surface area contributed by atoms with Crippen molar-refractivity contribution in [2.24, 2.45) is 0 Å². The van der Waals surface area contributed by atoms with Gasteiger partial charge in [0.05, 0.1) is 10.5 Å². The Kier molecular flexibility index (Phi) is 6.84. The molecule has 1 saturated carbocycles. The van der Waals surface area contributed by atoms with Crippen molar-refractivity contribution in [3.05, 3.63) is 81.1 Å². The fourth-order valence-electron chi connectivity index (χ4n) is 5.51. The number of piperazine rings is 1. The summed E-state index contributed by atoms with van der Waals surface area (Å²) in [7, 11) is 0. The monoisotopic (exact) mass is 531 g/mol. The Labute approximate surface area is 225 Å². The first-order chi connectivity index (χ1) is 18.1. The number of aromatic nitrogens is 2. The third-order valence-electron chi connectivity index (χ3n) is 7.46. The zero-order chi connectivity index (χ0) is 25.4. The second-order valence-corrected chi connectivity index (χ2v) is 11.5. The third-order valence-corrected chi connectivity index (χ3v) is 8.79. The van der Waals surface area contributed by atoms with Crippen LogP contribution in [0.15, 0.2) is 64.4 Å². The standard InChI is InChI=1S/C28H29N5O2S2/c34-26-22(18-23-27(35)33(28(36)37-23)21-10-4-5-11-21)25(29-24-12-6-7-13-32(24)26)31-16-14-30(15-17-31)19-20-8-2-1-3-9-20/h1-3,6-9,12-13,18,21H,4-5,10-11,14-17,19H2/b23-18-. The predicted octanol–water partition coefficient (Wildman–Crippen LogP) is 4.16. The molecule has 1 amide bonds. The van der Waals surface area contributed by atoms with Crippen molar-refractivity contribution in [3.8, 4) is 0 Å². The van der Waals surface area contributed by atoms with Crippen molar-refractivity contribution < 1.29 is 4.79 Å². The van der Waals surface area contributed by atoms with Crippen molar-refractivity contribution in [2.45, 2.75) is 38.3 Å². The van der Waals surface area contributed by atoms with Crippen LogP contribution < -0.4 is 10.5 Å². The number of nitrogens with zero attached hydrogens (tertiary/aromatic N) is 5. The van der Waals surface area contributed by atoms with Gasteiger partial charge in [0.1, 0.15) is 15.8 Å². The molecule has 0 radical (unpaired) electrons. The first-order valence-corrected chi connectivity index (χ1v) is 14.1. The highest BCUT2D eigenvalue weighted by Crippen LogP contribution is 2.38. The summed E-state index contributed by atoms with van der Waals surface area (Å²) >= 11 is 6.90. The lowest BCUT2D eigenvalue weighted by Crippen LogP contribution is -2.47. The minimum Gasteiger partial charge on any atom is -0.353 e. The van der Waals surface area contributed by atoms with E-state index in [2.05, 4.69) is 34.1 Å². The largest absolute Gasteiger partial charge is 0.353 e. The highest BCUT2D eigenvalue weighted by Gasteiger charge is 2.38. The quantitative estimate of drug-likeness (QED) is 0.362. The zero-order valence-corrected chi connectivity index (χ0v) is 22.2. The van der Waals surface area contributed by atoms with Crippen LogP contribution in [0.3, 0.4) is 0 Å². The van der Waals surface area contributed by atoms with Gasteiger partial charge in [-0.3, -0.25) is 23.8 Å². The van der Waals surface area contributed by atoms with Crippen LogP contribution in [0.4, 0.5) is 5.82 Å². The summed E-state index contributed by atoms with van der Waals surface area (Å²) in [6, 6.07) is 16.2. The maximum absolute atomic E-state index is 13.7. The Bertz CT molecular complexity index is 1420. The number of pyridine rings is 1. The second kappa shape index (κ2) is 10.4. The van der Waals surface area contributed by atoms with Gasteiger partial charge in [-0.05, 0) is 36.6 Å². The highest BCUT2D eigenvalue weighted by atomic mass is 32.2. The molecule has 3 fully saturated rings. The average molecular weight is 532 g/mol. The molecule has 2 aromatic heterocycles. The van der Waals surface area contributed by atoms with Crippen LogP contribution in [0.5, 0.6) is 0 Å². The van der Waals surface area contributed by atoms with Crippen molar-refractivity contribution >= 4 is 51.7 Å². The number of rotatable bonds is 5. The second-order valence-electron chi connectivity index (χ2n) is 9.82. The van der Waals surface area contributed by atoms with E-state index in [1.165, 1.54) is 17.3 Å². The summed E-state index contributed by atoms with van der Waals surface area (Å²) in [5, 5.41) is 0. The fourth-order valence-corrected chi connectivity index (χ4v) is 6.89. The molecule has 2 aliphatic heterocycles. The topological polar surface area (TPSA) is 61.2 Å². The van der Waals surface area contributed by atoms with Crippen LogP contribution in [-0.4, -0.2) is 61.6 Å². The van der Waals surface area contributed by atoms with Crippen LogP contribution in [0, 0.1) is 0 Å². The molecule has 1 aliphatic carbocycles. The molecule has 6 rings (SSSR count). The number of thioether (sulfide) groups is 1. The van der Waals surface area contributed by atoms with E-state index in [9.17, 15) is 9.59 Å². The number of benzene rings is 1. The molecule has 3 aliphatic rings. The molecule has 7 nitrogen and oxygen atoms in total. The molecule has 0 unspecified atom stereocenters. The van der Waals surface area contributed by atoms with Crippen LogP contribution in [0.2, 0.25) is 0 Å². The Morgan fingerprint density at radius 1 is 0.973 bits per heavy atom. The molecule has 37 heavy (non-hydrogen) atoms.